The van der Waals surface area contributed by atoms with Gasteiger partial charge in [-0.05, 0) is 29.8 Å². The first-order chi connectivity index (χ1) is 14.0. The molecule has 2 aromatic heterocycles. The minimum absolute atomic E-state index is 0.0134. The Hall–Kier alpha value is -2.26. The van der Waals surface area contributed by atoms with Crippen molar-refractivity contribution >= 4 is 45.6 Å². The van der Waals surface area contributed by atoms with E-state index in [0.717, 1.165) is 36.1 Å². The molecule has 2 N–H and O–H groups in total. The Morgan fingerprint density at radius 1 is 1.31 bits per heavy atom. The quantitative estimate of drug-likeness (QED) is 0.668. The van der Waals surface area contributed by atoms with Gasteiger partial charge in [0.2, 0.25) is 0 Å². The van der Waals surface area contributed by atoms with E-state index in [2.05, 4.69) is 20.9 Å². The number of rotatable bonds is 5. The molecule has 1 fully saturated rings. The molecule has 7 nitrogen and oxygen atoms in total. The number of benzene rings is 1. The molecule has 152 valence electrons. The molecule has 1 atom stereocenters. The number of halogens is 1. The van der Waals surface area contributed by atoms with Gasteiger partial charge in [0.25, 0.3) is 5.91 Å². The third-order valence-corrected chi connectivity index (χ3v) is 6.33. The van der Waals surface area contributed by atoms with Crippen LogP contribution in [0.1, 0.15) is 15.2 Å². The number of nitrogens with two attached hydrogens (primary N) is 1. The number of aromatic nitrogens is 2. The summed E-state index contributed by atoms with van der Waals surface area (Å²) < 4.78 is 6.02. The lowest BCUT2D eigenvalue weighted by atomic mass is 10.1. The standard InChI is InChI=1S/C20H22ClN5O2S/c1-28-11-14-10-25(6-7-26(14)20(27)17-4-5-18(21)29-17)9-13-2-3-15-16(8-13)23-12-24-19(15)22/h2-5,8,12,14H,6-7,9-11H2,1H3,(H2,22,23,24)/t14-/m0/s1. The Labute approximate surface area is 178 Å². The number of carbonyl (C=O) groups excluding carboxylic acids is 1. The zero-order valence-corrected chi connectivity index (χ0v) is 17.6. The number of hydrogen-bond donors (Lipinski definition) is 1. The summed E-state index contributed by atoms with van der Waals surface area (Å²) in [6.07, 6.45) is 1.48. The highest BCUT2D eigenvalue weighted by Gasteiger charge is 2.31. The maximum atomic E-state index is 12.9. The summed E-state index contributed by atoms with van der Waals surface area (Å²) >= 11 is 7.32. The fourth-order valence-electron chi connectivity index (χ4n) is 3.72. The molecule has 1 saturated heterocycles. The largest absolute Gasteiger partial charge is 0.383 e. The van der Waals surface area contributed by atoms with E-state index in [1.165, 1.54) is 17.7 Å². The molecule has 1 aromatic carbocycles. The van der Waals surface area contributed by atoms with Crippen LogP contribution in [0.2, 0.25) is 4.34 Å². The van der Waals surface area contributed by atoms with Crippen molar-refractivity contribution in [2.24, 2.45) is 0 Å². The van der Waals surface area contributed by atoms with Gasteiger partial charge in [0.05, 0.1) is 27.4 Å². The molecular formula is C20H22ClN5O2S. The number of hydrogen-bond acceptors (Lipinski definition) is 7. The smallest absolute Gasteiger partial charge is 0.264 e. The number of amides is 1. The van der Waals surface area contributed by atoms with E-state index < -0.39 is 0 Å². The molecule has 0 unspecified atom stereocenters. The van der Waals surface area contributed by atoms with Gasteiger partial charge in [0.1, 0.15) is 12.1 Å². The molecule has 1 amide bonds. The average Bonchev–Trinajstić information content (AvgIpc) is 3.14. The van der Waals surface area contributed by atoms with Gasteiger partial charge in [0, 0.05) is 38.7 Å². The SMILES string of the molecule is COC[C@@H]1CN(Cc2ccc3c(N)ncnc3c2)CCN1C(=O)c1ccc(Cl)s1. The number of nitrogens with zero attached hydrogens (tertiary/aromatic N) is 4. The first-order valence-electron chi connectivity index (χ1n) is 9.32. The van der Waals surface area contributed by atoms with Crippen molar-refractivity contribution in [3.05, 3.63) is 51.4 Å². The number of carbonyl (C=O) groups is 1. The van der Waals surface area contributed by atoms with Crippen LogP contribution in [0.5, 0.6) is 0 Å². The Kier molecular flexibility index (Phi) is 5.96. The Balaban J connectivity index is 1.47. The van der Waals surface area contributed by atoms with Crippen molar-refractivity contribution < 1.29 is 9.53 Å². The summed E-state index contributed by atoms with van der Waals surface area (Å²) in [6, 6.07) is 9.60. The monoisotopic (exact) mass is 431 g/mol. The summed E-state index contributed by atoms with van der Waals surface area (Å²) in [4.78, 5) is 26.2. The van der Waals surface area contributed by atoms with E-state index in [-0.39, 0.29) is 11.9 Å². The molecule has 0 saturated carbocycles. The highest BCUT2D eigenvalue weighted by atomic mass is 35.5. The lowest BCUT2D eigenvalue weighted by Gasteiger charge is -2.41. The second kappa shape index (κ2) is 8.62. The molecule has 29 heavy (non-hydrogen) atoms. The first kappa shape index (κ1) is 20.0. The van der Waals surface area contributed by atoms with Crippen LogP contribution >= 0.6 is 22.9 Å². The van der Waals surface area contributed by atoms with Gasteiger partial charge < -0.3 is 15.4 Å². The third-order valence-electron chi connectivity index (χ3n) is 5.11. The van der Waals surface area contributed by atoms with Gasteiger partial charge in [0.15, 0.2) is 0 Å². The highest BCUT2D eigenvalue weighted by Crippen LogP contribution is 2.25. The minimum atomic E-state index is -0.0134. The van der Waals surface area contributed by atoms with Crippen LogP contribution in [-0.2, 0) is 11.3 Å². The topological polar surface area (TPSA) is 84.6 Å². The fraction of sp³-hybridized carbons (Fsp3) is 0.350. The average molecular weight is 432 g/mol. The Morgan fingerprint density at radius 3 is 2.93 bits per heavy atom. The molecular weight excluding hydrogens is 410 g/mol. The number of piperazine rings is 1. The van der Waals surface area contributed by atoms with Crippen LogP contribution in [0.25, 0.3) is 10.9 Å². The molecule has 0 radical (unpaired) electrons. The van der Waals surface area contributed by atoms with E-state index in [1.807, 2.05) is 17.0 Å². The van der Waals surface area contributed by atoms with E-state index in [9.17, 15) is 4.79 Å². The second-order valence-corrected chi connectivity index (χ2v) is 8.77. The maximum Gasteiger partial charge on any atom is 0.264 e. The molecule has 9 heteroatoms. The predicted octanol–water partition coefficient (Wildman–Crippen LogP) is 2.90. The molecule has 3 aromatic rings. The zero-order chi connectivity index (χ0) is 20.4. The summed E-state index contributed by atoms with van der Waals surface area (Å²) in [5.41, 5.74) is 7.90. The summed E-state index contributed by atoms with van der Waals surface area (Å²) in [6.45, 7) is 3.43. The Bertz CT molecular complexity index is 1030. The van der Waals surface area contributed by atoms with Gasteiger partial charge >= 0.3 is 0 Å². The fourth-order valence-corrected chi connectivity index (χ4v) is 4.72. The van der Waals surface area contributed by atoms with Crippen molar-refractivity contribution in [2.45, 2.75) is 12.6 Å². The predicted molar refractivity (Wildman–Crippen MR) is 115 cm³/mol. The van der Waals surface area contributed by atoms with E-state index in [0.29, 0.717) is 28.2 Å². The van der Waals surface area contributed by atoms with Gasteiger partial charge in [-0.3, -0.25) is 9.69 Å². The molecule has 1 aliphatic heterocycles. The lowest BCUT2D eigenvalue weighted by Crippen LogP contribution is -2.56. The van der Waals surface area contributed by atoms with Gasteiger partial charge in [-0.15, -0.1) is 11.3 Å². The molecule has 1 aliphatic rings. The highest BCUT2D eigenvalue weighted by molar-refractivity contribution is 7.17. The van der Waals surface area contributed by atoms with Crippen molar-refractivity contribution in [3.8, 4) is 0 Å². The molecule has 4 rings (SSSR count). The number of fused-ring (bicyclic) bond motifs is 1. The van der Waals surface area contributed by atoms with Crippen LogP contribution < -0.4 is 5.73 Å². The van der Waals surface area contributed by atoms with Crippen molar-refractivity contribution in [1.29, 1.82) is 0 Å². The van der Waals surface area contributed by atoms with Crippen LogP contribution in [-0.4, -0.2) is 65.1 Å². The summed E-state index contributed by atoms with van der Waals surface area (Å²) in [7, 11) is 1.66. The zero-order valence-electron chi connectivity index (χ0n) is 16.0. The molecule has 0 spiro atoms. The number of anilines is 1. The van der Waals surface area contributed by atoms with E-state index >= 15 is 0 Å². The maximum absolute atomic E-state index is 12.9. The Morgan fingerprint density at radius 2 is 2.17 bits per heavy atom. The van der Waals surface area contributed by atoms with Crippen molar-refractivity contribution in [2.75, 3.05) is 39.1 Å². The number of thiophene rings is 1. The number of methoxy groups -OCH3 is 1. The normalized spacial score (nSPS) is 17.7. The second-order valence-electron chi connectivity index (χ2n) is 7.06. The number of nitrogen functional groups attached to an aromatic ring is 1. The molecule has 3 heterocycles. The van der Waals surface area contributed by atoms with Gasteiger partial charge in [-0.25, -0.2) is 9.97 Å². The lowest BCUT2D eigenvalue weighted by molar-refractivity contribution is 0.0201. The first-order valence-corrected chi connectivity index (χ1v) is 10.5. The van der Waals surface area contributed by atoms with E-state index in [4.69, 9.17) is 22.1 Å². The number of ether oxygens (including phenoxy) is 1. The summed E-state index contributed by atoms with van der Waals surface area (Å²) in [5, 5.41) is 0.860. The van der Waals surface area contributed by atoms with Crippen LogP contribution in [0.3, 0.4) is 0 Å². The third kappa shape index (κ3) is 4.35. The summed E-state index contributed by atoms with van der Waals surface area (Å²) in [5.74, 6) is 0.504. The van der Waals surface area contributed by atoms with Gasteiger partial charge in [-0.2, -0.15) is 0 Å². The molecule has 0 aliphatic carbocycles. The van der Waals surface area contributed by atoms with Crippen molar-refractivity contribution in [3.63, 3.8) is 0 Å². The van der Waals surface area contributed by atoms with Gasteiger partial charge in [-0.1, -0.05) is 17.7 Å². The molecule has 0 bridgehead atoms. The van der Waals surface area contributed by atoms with Crippen LogP contribution in [0.4, 0.5) is 5.82 Å². The van der Waals surface area contributed by atoms with Crippen molar-refractivity contribution in [1.82, 2.24) is 19.8 Å². The van der Waals surface area contributed by atoms with Crippen LogP contribution in [0.15, 0.2) is 36.7 Å². The van der Waals surface area contributed by atoms with Crippen LogP contribution in [0, 0.1) is 0 Å². The van der Waals surface area contributed by atoms with E-state index in [1.54, 1.807) is 19.2 Å². The minimum Gasteiger partial charge on any atom is -0.383 e.